The number of nitrogens with zero attached hydrogens (tertiary/aromatic N) is 7. The van der Waals surface area contributed by atoms with Crippen molar-refractivity contribution < 1.29 is 14.4 Å². The monoisotopic (exact) mass is 489 g/mol. The van der Waals surface area contributed by atoms with Gasteiger partial charge >= 0.3 is 5.69 Å². The molecule has 0 N–H and O–H groups in total. The van der Waals surface area contributed by atoms with Gasteiger partial charge in [0.2, 0.25) is 5.75 Å². The molecule has 0 bridgehead atoms. The van der Waals surface area contributed by atoms with Crippen LogP contribution < -0.4 is 14.4 Å². The molecule has 11 nitrogen and oxygen atoms in total. The third-order valence-corrected chi connectivity index (χ3v) is 6.50. The van der Waals surface area contributed by atoms with E-state index in [2.05, 4.69) is 33.8 Å². The normalized spacial score (nSPS) is 15.1. The van der Waals surface area contributed by atoms with E-state index in [1.54, 1.807) is 18.0 Å². The van der Waals surface area contributed by atoms with E-state index in [-0.39, 0.29) is 17.3 Å². The molecule has 0 aliphatic carbocycles. The molecule has 1 aliphatic heterocycles. The van der Waals surface area contributed by atoms with E-state index in [1.807, 2.05) is 24.3 Å². The van der Waals surface area contributed by atoms with Crippen molar-refractivity contribution in [2.45, 2.75) is 33.2 Å². The summed E-state index contributed by atoms with van der Waals surface area (Å²) in [6.45, 7) is 6.76. The Labute approximate surface area is 207 Å². The van der Waals surface area contributed by atoms with E-state index in [9.17, 15) is 10.1 Å². The van der Waals surface area contributed by atoms with Gasteiger partial charge in [-0.15, -0.1) is 5.10 Å². The second-order valence-corrected chi connectivity index (χ2v) is 9.57. The summed E-state index contributed by atoms with van der Waals surface area (Å²) in [6.07, 6.45) is 6.49. The molecule has 1 fully saturated rings. The zero-order chi connectivity index (χ0) is 25.3. The van der Waals surface area contributed by atoms with Crippen molar-refractivity contribution in [1.82, 2.24) is 24.7 Å². The molecule has 1 aliphatic rings. The van der Waals surface area contributed by atoms with E-state index in [0.717, 1.165) is 43.1 Å². The lowest BCUT2D eigenvalue weighted by Gasteiger charge is -2.37. The average Bonchev–Trinajstić information content (AvgIpc) is 3.21. The van der Waals surface area contributed by atoms with Crippen molar-refractivity contribution in [1.29, 1.82) is 0 Å². The third-order valence-electron chi connectivity index (χ3n) is 6.50. The van der Waals surface area contributed by atoms with Crippen LogP contribution in [0.4, 0.5) is 11.5 Å². The van der Waals surface area contributed by atoms with E-state index < -0.39 is 4.92 Å². The lowest BCUT2D eigenvalue weighted by Crippen LogP contribution is -2.37. The Morgan fingerprint density at radius 2 is 1.86 bits per heavy atom. The first-order valence-electron chi connectivity index (χ1n) is 11.7. The van der Waals surface area contributed by atoms with Crippen molar-refractivity contribution >= 4 is 22.7 Å². The van der Waals surface area contributed by atoms with E-state index in [0.29, 0.717) is 23.1 Å². The molecule has 4 heterocycles. The van der Waals surface area contributed by atoms with Gasteiger partial charge in [-0.05, 0) is 36.0 Å². The molecular formula is C25H27N7O4. The van der Waals surface area contributed by atoms with Crippen LogP contribution in [0.25, 0.3) is 11.2 Å². The van der Waals surface area contributed by atoms with Gasteiger partial charge in [-0.1, -0.05) is 26.0 Å². The number of anilines is 1. The smallest absolute Gasteiger partial charge is 0.314 e. The van der Waals surface area contributed by atoms with E-state index >= 15 is 0 Å². The lowest BCUT2D eigenvalue weighted by molar-refractivity contribution is -0.385. The molecule has 3 aromatic heterocycles. The Hall–Kier alpha value is -4.28. The molecule has 1 saturated heterocycles. The van der Waals surface area contributed by atoms with Crippen LogP contribution in [0.1, 0.15) is 32.3 Å². The van der Waals surface area contributed by atoms with Crippen LogP contribution >= 0.6 is 0 Å². The highest BCUT2D eigenvalue weighted by molar-refractivity contribution is 5.78. The topological polar surface area (TPSA) is 121 Å². The van der Waals surface area contributed by atoms with Gasteiger partial charge in [0.25, 0.3) is 5.88 Å². The first-order chi connectivity index (χ1) is 17.3. The zero-order valence-electron chi connectivity index (χ0n) is 20.4. The van der Waals surface area contributed by atoms with Gasteiger partial charge in [-0.3, -0.25) is 15.1 Å². The highest BCUT2D eigenvalue weighted by atomic mass is 16.6. The number of rotatable bonds is 7. The number of benzene rings is 1. The standard InChI is InChI=1S/C25H27N7O4/c1-25(2)9-12-30(13-10-25)21-15-27-22-23(28-21)31(16-17-4-6-18(35-3)7-5-17)29-24(22)36-20-14-26-11-8-19(20)32(33)34/h4-8,11,14-15H,9-10,12-13,16H2,1-3H3. The lowest BCUT2D eigenvalue weighted by atomic mass is 9.83. The molecule has 4 aromatic rings. The Morgan fingerprint density at radius 3 is 2.56 bits per heavy atom. The van der Waals surface area contributed by atoms with Gasteiger partial charge in [0.05, 0.1) is 31.0 Å². The summed E-state index contributed by atoms with van der Waals surface area (Å²) in [4.78, 5) is 26.7. The van der Waals surface area contributed by atoms with Crippen molar-refractivity contribution in [2.24, 2.45) is 5.41 Å². The number of hydrogen-bond acceptors (Lipinski definition) is 9. The largest absolute Gasteiger partial charge is 0.497 e. The van der Waals surface area contributed by atoms with Gasteiger partial charge in [-0.25, -0.2) is 14.6 Å². The summed E-state index contributed by atoms with van der Waals surface area (Å²) >= 11 is 0. The van der Waals surface area contributed by atoms with Crippen LogP contribution in [-0.2, 0) is 6.54 Å². The Balaban J connectivity index is 1.54. The molecular weight excluding hydrogens is 462 g/mol. The fourth-order valence-corrected chi connectivity index (χ4v) is 4.19. The van der Waals surface area contributed by atoms with Crippen molar-refractivity contribution in [3.05, 3.63) is 64.6 Å². The number of fused-ring (bicyclic) bond motifs is 1. The first-order valence-corrected chi connectivity index (χ1v) is 11.7. The van der Waals surface area contributed by atoms with Gasteiger partial charge in [0, 0.05) is 25.4 Å². The van der Waals surface area contributed by atoms with Crippen molar-refractivity contribution in [3.8, 4) is 17.4 Å². The summed E-state index contributed by atoms with van der Waals surface area (Å²) in [6, 6.07) is 8.94. The van der Waals surface area contributed by atoms with Gasteiger partial charge in [0.1, 0.15) is 11.6 Å². The number of piperidine rings is 1. The number of hydrogen-bond donors (Lipinski definition) is 0. The number of pyridine rings is 1. The molecule has 0 saturated carbocycles. The average molecular weight is 490 g/mol. The molecule has 0 unspecified atom stereocenters. The van der Waals surface area contributed by atoms with Crippen molar-refractivity contribution in [2.75, 3.05) is 25.1 Å². The fourth-order valence-electron chi connectivity index (χ4n) is 4.19. The number of methoxy groups -OCH3 is 1. The Morgan fingerprint density at radius 1 is 1.11 bits per heavy atom. The second kappa shape index (κ2) is 9.40. The summed E-state index contributed by atoms with van der Waals surface area (Å²) < 4.78 is 12.8. The molecule has 0 spiro atoms. The minimum Gasteiger partial charge on any atom is -0.497 e. The van der Waals surface area contributed by atoms with Gasteiger partial charge in [0.15, 0.2) is 11.2 Å². The number of aromatic nitrogens is 5. The minimum atomic E-state index is -0.519. The van der Waals surface area contributed by atoms with Crippen LogP contribution in [0, 0.1) is 15.5 Å². The molecule has 0 radical (unpaired) electrons. The second-order valence-electron chi connectivity index (χ2n) is 9.57. The molecule has 0 atom stereocenters. The van der Waals surface area contributed by atoms with Crippen LogP contribution in [0.5, 0.6) is 17.4 Å². The number of nitro groups is 1. The molecule has 11 heteroatoms. The highest BCUT2D eigenvalue weighted by Crippen LogP contribution is 2.35. The third kappa shape index (κ3) is 4.77. The van der Waals surface area contributed by atoms with Gasteiger partial charge in [-0.2, -0.15) is 0 Å². The maximum Gasteiger partial charge on any atom is 0.314 e. The number of ether oxygens (including phenoxy) is 2. The summed E-state index contributed by atoms with van der Waals surface area (Å²) in [5, 5.41) is 16.1. The maximum atomic E-state index is 11.5. The van der Waals surface area contributed by atoms with Crippen LogP contribution in [0.15, 0.2) is 48.9 Å². The quantitative estimate of drug-likeness (QED) is 0.271. The summed E-state index contributed by atoms with van der Waals surface area (Å²) in [5.74, 6) is 1.65. The molecule has 36 heavy (non-hydrogen) atoms. The minimum absolute atomic E-state index is 0.0114. The maximum absolute atomic E-state index is 11.5. The summed E-state index contributed by atoms with van der Waals surface area (Å²) in [7, 11) is 1.62. The van der Waals surface area contributed by atoms with Gasteiger partial charge < -0.3 is 14.4 Å². The molecule has 186 valence electrons. The van der Waals surface area contributed by atoms with Crippen LogP contribution in [0.3, 0.4) is 0 Å². The van der Waals surface area contributed by atoms with Crippen LogP contribution in [0.2, 0.25) is 0 Å². The predicted octanol–water partition coefficient (Wildman–Crippen LogP) is 4.61. The predicted molar refractivity (Wildman–Crippen MR) is 134 cm³/mol. The van der Waals surface area contributed by atoms with Crippen molar-refractivity contribution in [3.63, 3.8) is 0 Å². The Bertz CT molecular complexity index is 1390. The first kappa shape index (κ1) is 23.5. The SMILES string of the molecule is COc1ccc(Cn2nc(Oc3cnccc3[N+](=O)[O-])c3ncc(N4CCC(C)(C)CC4)nc32)cc1. The Kier molecular flexibility index (Phi) is 6.13. The van der Waals surface area contributed by atoms with E-state index in [4.69, 9.17) is 14.5 Å². The summed E-state index contributed by atoms with van der Waals surface area (Å²) in [5.41, 5.74) is 2.04. The zero-order valence-corrected chi connectivity index (χ0v) is 20.4. The molecule has 5 rings (SSSR count). The van der Waals surface area contributed by atoms with Crippen LogP contribution in [-0.4, -0.2) is 49.9 Å². The molecule has 0 amide bonds. The highest BCUT2D eigenvalue weighted by Gasteiger charge is 2.27. The van der Waals surface area contributed by atoms with E-state index in [1.165, 1.54) is 18.5 Å². The molecule has 1 aromatic carbocycles. The fraction of sp³-hybridized carbons (Fsp3) is 0.360.